The van der Waals surface area contributed by atoms with Crippen molar-refractivity contribution in [3.63, 3.8) is 0 Å². The van der Waals surface area contributed by atoms with Crippen molar-refractivity contribution >= 4 is 38.0 Å². The van der Waals surface area contributed by atoms with Gasteiger partial charge in [-0.15, -0.1) is 5.11 Å². The van der Waals surface area contributed by atoms with E-state index in [0.29, 0.717) is 17.1 Å². The predicted molar refractivity (Wildman–Crippen MR) is 88.8 cm³/mol. The number of benzene rings is 3. The molecule has 0 unspecified atom stereocenters. The van der Waals surface area contributed by atoms with Crippen LogP contribution in [0.3, 0.4) is 0 Å². The molecule has 116 valence electrons. The quantitative estimate of drug-likeness (QED) is 0.429. The number of azo groups is 1. The lowest BCUT2D eigenvalue weighted by molar-refractivity contribution is 0.483. The predicted octanol–water partition coefficient (Wildman–Crippen LogP) is 4.08. The highest BCUT2D eigenvalue weighted by Gasteiger charge is 2.08. The number of rotatable bonds is 3. The normalized spacial score (nSPS) is 12.0. The van der Waals surface area contributed by atoms with Gasteiger partial charge in [-0.2, -0.15) is 13.5 Å². The highest BCUT2D eigenvalue weighted by atomic mass is 32.2. The lowest BCUT2D eigenvalue weighted by Crippen LogP contribution is -1.96. The average molecular weight is 327 g/mol. The molecule has 0 fully saturated rings. The van der Waals surface area contributed by atoms with Crippen molar-refractivity contribution < 1.29 is 13.0 Å². The van der Waals surface area contributed by atoms with E-state index in [0.717, 1.165) is 10.8 Å². The van der Waals surface area contributed by atoms with Gasteiger partial charge in [0.05, 0.1) is 16.3 Å². The first-order chi connectivity index (χ1) is 10.9. The average Bonchev–Trinajstić information content (AvgIpc) is 2.54. The Balaban J connectivity index is 1.92. The standard InChI is InChI=1S/C16H13N3O3S/c17-16-14-4-2-1-3-11(14)5-10-15(16)19-18-12-6-8-13(9-7-12)23(20,21)22/h1-10H,17H2,(H,20,21,22). The van der Waals surface area contributed by atoms with Crippen molar-refractivity contribution in [3.05, 3.63) is 60.7 Å². The van der Waals surface area contributed by atoms with Crippen LogP contribution in [0.2, 0.25) is 0 Å². The molecular formula is C16H13N3O3S. The van der Waals surface area contributed by atoms with Crippen LogP contribution in [0.25, 0.3) is 10.8 Å². The van der Waals surface area contributed by atoms with Crippen LogP contribution in [0.15, 0.2) is 75.8 Å². The molecule has 0 spiro atoms. The smallest absolute Gasteiger partial charge is 0.294 e. The van der Waals surface area contributed by atoms with Gasteiger partial charge in [-0.25, -0.2) is 0 Å². The van der Waals surface area contributed by atoms with Crippen LogP contribution in [0.4, 0.5) is 17.1 Å². The van der Waals surface area contributed by atoms with E-state index in [-0.39, 0.29) is 4.90 Å². The van der Waals surface area contributed by atoms with Crippen molar-refractivity contribution in [2.75, 3.05) is 5.73 Å². The summed E-state index contributed by atoms with van der Waals surface area (Å²) >= 11 is 0. The topological polar surface area (TPSA) is 105 Å². The van der Waals surface area contributed by atoms with Gasteiger partial charge in [0, 0.05) is 5.39 Å². The number of nitrogen functional groups attached to an aromatic ring is 1. The van der Waals surface area contributed by atoms with Crippen LogP contribution in [-0.4, -0.2) is 13.0 Å². The highest BCUT2D eigenvalue weighted by molar-refractivity contribution is 7.85. The first-order valence-corrected chi connectivity index (χ1v) is 8.16. The summed E-state index contributed by atoms with van der Waals surface area (Å²) in [4.78, 5) is -0.193. The number of fused-ring (bicyclic) bond motifs is 1. The third-order valence-electron chi connectivity index (χ3n) is 3.36. The second-order valence-electron chi connectivity index (χ2n) is 4.89. The molecule has 0 aliphatic carbocycles. The number of nitrogens with two attached hydrogens (primary N) is 1. The van der Waals surface area contributed by atoms with Crippen molar-refractivity contribution in [3.8, 4) is 0 Å². The van der Waals surface area contributed by atoms with E-state index >= 15 is 0 Å². The maximum Gasteiger partial charge on any atom is 0.294 e. The lowest BCUT2D eigenvalue weighted by atomic mass is 10.1. The van der Waals surface area contributed by atoms with Gasteiger partial charge in [-0.3, -0.25) is 4.55 Å². The molecule has 23 heavy (non-hydrogen) atoms. The highest BCUT2D eigenvalue weighted by Crippen LogP contribution is 2.31. The molecule has 3 aromatic carbocycles. The Morgan fingerprint density at radius 3 is 2.26 bits per heavy atom. The summed E-state index contributed by atoms with van der Waals surface area (Å²) in [5, 5.41) is 10.1. The van der Waals surface area contributed by atoms with Crippen LogP contribution in [-0.2, 0) is 10.1 Å². The minimum Gasteiger partial charge on any atom is -0.396 e. The van der Waals surface area contributed by atoms with E-state index in [9.17, 15) is 8.42 Å². The van der Waals surface area contributed by atoms with Crippen LogP contribution in [0.5, 0.6) is 0 Å². The van der Waals surface area contributed by atoms with Gasteiger partial charge < -0.3 is 5.73 Å². The van der Waals surface area contributed by atoms with Crippen LogP contribution >= 0.6 is 0 Å². The minimum atomic E-state index is -4.21. The maximum absolute atomic E-state index is 11.0. The Kier molecular flexibility index (Phi) is 3.81. The van der Waals surface area contributed by atoms with Gasteiger partial charge >= 0.3 is 0 Å². The van der Waals surface area contributed by atoms with E-state index in [1.807, 2.05) is 30.3 Å². The number of anilines is 1. The molecule has 3 rings (SSSR count). The molecule has 6 nitrogen and oxygen atoms in total. The van der Waals surface area contributed by atoms with Crippen LogP contribution < -0.4 is 5.73 Å². The monoisotopic (exact) mass is 327 g/mol. The Morgan fingerprint density at radius 1 is 0.870 bits per heavy atom. The molecule has 0 saturated carbocycles. The molecular weight excluding hydrogens is 314 g/mol. The Labute approximate surface area is 133 Å². The van der Waals surface area contributed by atoms with E-state index in [4.69, 9.17) is 10.3 Å². The summed E-state index contributed by atoms with van der Waals surface area (Å²) in [6, 6.07) is 16.8. The Bertz CT molecular complexity index is 997. The molecule has 0 saturated heterocycles. The van der Waals surface area contributed by atoms with Gasteiger partial charge in [0.2, 0.25) is 0 Å². The van der Waals surface area contributed by atoms with Gasteiger partial charge in [-0.1, -0.05) is 30.3 Å². The molecule has 0 amide bonds. The molecule has 0 aromatic heterocycles. The van der Waals surface area contributed by atoms with Gasteiger partial charge in [-0.05, 0) is 35.7 Å². The van der Waals surface area contributed by atoms with Gasteiger partial charge in [0.15, 0.2) is 0 Å². The van der Waals surface area contributed by atoms with E-state index < -0.39 is 10.1 Å². The minimum absolute atomic E-state index is 0.193. The fourth-order valence-corrected chi connectivity index (χ4v) is 2.65. The number of hydrogen-bond donors (Lipinski definition) is 2. The van der Waals surface area contributed by atoms with Crippen molar-refractivity contribution in [1.82, 2.24) is 0 Å². The molecule has 0 aliphatic heterocycles. The fraction of sp³-hybridized carbons (Fsp3) is 0. The third-order valence-corrected chi connectivity index (χ3v) is 4.22. The lowest BCUT2D eigenvalue weighted by Gasteiger charge is -2.04. The van der Waals surface area contributed by atoms with E-state index in [1.165, 1.54) is 24.3 Å². The maximum atomic E-state index is 11.0. The summed E-state index contributed by atoms with van der Waals surface area (Å²) in [7, 11) is -4.21. The van der Waals surface area contributed by atoms with Gasteiger partial charge in [0.1, 0.15) is 5.69 Å². The zero-order valence-corrected chi connectivity index (χ0v) is 12.7. The zero-order chi connectivity index (χ0) is 16.4. The number of hydrogen-bond acceptors (Lipinski definition) is 5. The molecule has 0 heterocycles. The summed E-state index contributed by atoms with van der Waals surface area (Å²) in [6.07, 6.45) is 0. The zero-order valence-electron chi connectivity index (χ0n) is 11.9. The summed E-state index contributed by atoms with van der Waals surface area (Å²) < 4.78 is 30.9. The molecule has 3 aromatic rings. The van der Waals surface area contributed by atoms with Crippen molar-refractivity contribution in [2.45, 2.75) is 4.90 Å². The largest absolute Gasteiger partial charge is 0.396 e. The third kappa shape index (κ3) is 3.20. The summed E-state index contributed by atoms with van der Waals surface area (Å²) in [5.41, 5.74) is 7.61. The van der Waals surface area contributed by atoms with E-state index in [2.05, 4.69) is 10.2 Å². The molecule has 3 N–H and O–H groups in total. The van der Waals surface area contributed by atoms with Crippen molar-refractivity contribution in [1.29, 1.82) is 0 Å². The summed E-state index contributed by atoms with van der Waals surface area (Å²) in [6.45, 7) is 0. The summed E-state index contributed by atoms with van der Waals surface area (Å²) in [5.74, 6) is 0. The molecule has 0 aliphatic rings. The molecule has 0 atom stereocenters. The molecule has 0 bridgehead atoms. The second kappa shape index (κ2) is 5.79. The SMILES string of the molecule is Nc1c(N=Nc2ccc(S(=O)(=O)O)cc2)ccc2ccccc12. The Hall–Kier alpha value is -2.77. The van der Waals surface area contributed by atoms with Crippen LogP contribution in [0, 0.1) is 0 Å². The molecule has 7 heteroatoms. The first kappa shape index (κ1) is 15.1. The van der Waals surface area contributed by atoms with Gasteiger partial charge in [0.25, 0.3) is 10.1 Å². The second-order valence-corrected chi connectivity index (χ2v) is 6.31. The fourth-order valence-electron chi connectivity index (χ4n) is 2.17. The van der Waals surface area contributed by atoms with Crippen molar-refractivity contribution in [2.24, 2.45) is 10.2 Å². The number of nitrogens with zero attached hydrogens (tertiary/aromatic N) is 2. The first-order valence-electron chi connectivity index (χ1n) is 6.72. The molecule has 0 radical (unpaired) electrons. The Morgan fingerprint density at radius 2 is 1.57 bits per heavy atom. The van der Waals surface area contributed by atoms with E-state index in [1.54, 1.807) is 6.07 Å². The van der Waals surface area contributed by atoms with Crippen LogP contribution in [0.1, 0.15) is 0 Å².